The van der Waals surface area contributed by atoms with Gasteiger partial charge in [-0.25, -0.2) is 4.79 Å². The minimum absolute atomic E-state index is 0.222. The quantitative estimate of drug-likeness (QED) is 0.620. The van der Waals surface area contributed by atoms with Gasteiger partial charge in [-0.15, -0.1) is 11.6 Å². The molecule has 2 aromatic rings. The van der Waals surface area contributed by atoms with Crippen LogP contribution in [0.4, 0.5) is 0 Å². The summed E-state index contributed by atoms with van der Waals surface area (Å²) in [6.07, 6.45) is 0. The van der Waals surface area contributed by atoms with Crippen molar-refractivity contribution in [3.63, 3.8) is 0 Å². The molecule has 1 amide bonds. The van der Waals surface area contributed by atoms with E-state index in [1.54, 1.807) is 55.5 Å². The second-order valence-electron chi connectivity index (χ2n) is 5.02. The number of rotatable bonds is 6. The summed E-state index contributed by atoms with van der Waals surface area (Å²) in [5.41, 5.74) is 1.22. The smallest absolute Gasteiger partial charge is 0.333 e. The maximum Gasteiger partial charge on any atom is 0.333 e. The van der Waals surface area contributed by atoms with Crippen molar-refractivity contribution in [2.45, 2.75) is 18.3 Å². The molecule has 0 aliphatic rings. The molecule has 0 saturated heterocycles. The normalized spacial score (nSPS) is 13.0. The largest absolute Gasteiger partial charge is 0.464 e. The molecule has 6 heteroatoms. The van der Waals surface area contributed by atoms with Gasteiger partial charge < -0.3 is 10.1 Å². The van der Waals surface area contributed by atoms with E-state index in [1.165, 1.54) is 0 Å². The Bertz CT molecular complexity index is 689. The number of hydrogen-bond donors (Lipinski definition) is 1. The van der Waals surface area contributed by atoms with E-state index in [1.807, 2.05) is 6.07 Å². The number of halogens is 2. The molecule has 126 valence electrons. The highest BCUT2D eigenvalue weighted by Gasteiger charge is 2.27. The third-order valence-electron chi connectivity index (χ3n) is 3.33. The van der Waals surface area contributed by atoms with Gasteiger partial charge in [0.05, 0.1) is 6.61 Å². The van der Waals surface area contributed by atoms with Crippen LogP contribution in [0.5, 0.6) is 0 Å². The third kappa shape index (κ3) is 4.73. The first-order chi connectivity index (χ1) is 11.5. The highest BCUT2D eigenvalue weighted by atomic mass is 35.5. The Balaban J connectivity index is 2.17. The summed E-state index contributed by atoms with van der Waals surface area (Å²) in [4.78, 5) is 24.6. The molecule has 0 bridgehead atoms. The van der Waals surface area contributed by atoms with Crippen LogP contribution in [0.3, 0.4) is 0 Å². The molecule has 2 rings (SSSR count). The summed E-state index contributed by atoms with van der Waals surface area (Å²) in [6, 6.07) is 14.6. The number of nitrogens with one attached hydrogen (secondary N) is 1. The average Bonchev–Trinajstić information content (AvgIpc) is 2.60. The summed E-state index contributed by atoms with van der Waals surface area (Å²) in [6.45, 7) is 1.93. The van der Waals surface area contributed by atoms with Crippen molar-refractivity contribution in [1.82, 2.24) is 5.32 Å². The number of carbonyl (C=O) groups excluding carboxylic acids is 2. The Kier molecular flexibility index (Phi) is 6.64. The molecule has 4 nitrogen and oxygen atoms in total. The lowest BCUT2D eigenvalue weighted by Gasteiger charge is -2.19. The molecule has 0 saturated carbocycles. The van der Waals surface area contributed by atoms with Gasteiger partial charge in [0, 0.05) is 5.02 Å². The van der Waals surface area contributed by atoms with Gasteiger partial charge in [-0.1, -0.05) is 54.1 Å². The molecule has 0 spiro atoms. The minimum atomic E-state index is -0.942. The van der Waals surface area contributed by atoms with Crippen LogP contribution in [0.2, 0.25) is 5.02 Å². The van der Waals surface area contributed by atoms with Crippen LogP contribution in [-0.4, -0.2) is 18.5 Å². The maximum atomic E-state index is 12.4. The van der Waals surface area contributed by atoms with E-state index in [0.29, 0.717) is 16.1 Å². The van der Waals surface area contributed by atoms with Crippen molar-refractivity contribution < 1.29 is 14.3 Å². The van der Waals surface area contributed by atoms with E-state index >= 15 is 0 Å². The zero-order chi connectivity index (χ0) is 17.5. The molecule has 0 heterocycles. The number of esters is 1. The fourth-order valence-corrected chi connectivity index (χ4v) is 2.48. The lowest BCUT2D eigenvalue weighted by molar-refractivity contribution is -0.147. The number of ether oxygens (including phenoxy) is 1. The average molecular weight is 366 g/mol. The Morgan fingerprint density at radius 2 is 1.67 bits per heavy atom. The molecular weight excluding hydrogens is 349 g/mol. The molecule has 24 heavy (non-hydrogen) atoms. The first-order valence-corrected chi connectivity index (χ1v) is 8.26. The second-order valence-corrected chi connectivity index (χ2v) is 5.89. The molecule has 0 unspecified atom stereocenters. The van der Waals surface area contributed by atoms with E-state index in [9.17, 15) is 9.59 Å². The lowest BCUT2D eigenvalue weighted by atomic mass is 10.1. The molecule has 0 aliphatic heterocycles. The third-order valence-corrected chi connectivity index (χ3v) is 4.04. The van der Waals surface area contributed by atoms with Crippen LogP contribution in [0.1, 0.15) is 29.5 Å². The van der Waals surface area contributed by atoms with E-state index < -0.39 is 23.3 Å². The minimum Gasteiger partial charge on any atom is -0.464 e. The molecule has 0 aromatic heterocycles. The summed E-state index contributed by atoms with van der Waals surface area (Å²) in [5.74, 6) is -1.02. The van der Waals surface area contributed by atoms with Crippen LogP contribution in [0.25, 0.3) is 0 Å². The van der Waals surface area contributed by atoms with Gasteiger partial charge in [-0.2, -0.15) is 0 Å². The standard InChI is InChI=1S/C18H17Cl2NO3/c1-2-24-18(23)16(13-6-4-3-5-7-13)21-17(22)15(20)12-8-10-14(19)11-9-12/h3-11,15-16H,2H2,1H3,(H,21,22)/t15-,16-/m0/s1. The molecular formula is C18H17Cl2NO3. The SMILES string of the molecule is CCOC(=O)[C@@H](NC(=O)[C@@H](Cl)c1ccc(Cl)cc1)c1ccccc1. The fraction of sp³-hybridized carbons (Fsp3) is 0.222. The van der Waals surface area contributed by atoms with Gasteiger partial charge in [-0.3, -0.25) is 4.79 Å². The molecule has 0 fully saturated rings. The number of alkyl halides is 1. The molecule has 2 atom stereocenters. The van der Waals surface area contributed by atoms with Crippen molar-refractivity contribution in [1.29, 1.82) is 0 Å². The Hall–Kier alpha value is -2.04. The lowest BCUT2D eigenvalue weighted by Crippen LogP contribution is -2.36. The summed E-state index contributed by atoms with van der Waals surface area (Å²) in [7, 11) is 0. The first-order valence-electron chi connectivity index (χ1n) is 7.44. The zero-order valence-electron chi connectivity index (χ0n) is 13.0. The van der Waals surface area contributed by atoms with Crippen LogP contribution in [-0.2, 0) is 14.3 Å². The van der Waals surface area contributed by atoms with Crippen LogP contribution >= 0.6 is 23.2 Å². The van der Waals surface area contributed by atoms with E-state index in [4.69, 9.17) is 27.9 Å². The highest BCUT2D eigenvalue weighted by Crippen LogP contribution is 2.24. The predicted molar refractivity (Wildman–Crippen MR) is 94.0 cm³/mol. The number of carbonyl (C=O) groups is 2. The highest BCUT2D eigenvalue weighted by molar-refractivity contribution is 6.31. The fourth-order valence-electron chi connectivity index (χ4n) is 2.15. The van der Waals surface area contributed by atoms with Crippen molar-refractivity contribution in [2.75, 3.05) is 6.61 Å². The zero-order valence-corrected chi connectivity index (χ0v) is 14.6. The van der Waals surface area contributed by atoms with Gasteiger partial charge in [0.1, 0.15) is 5.38 Å². The summed E-state index contributed by atoms with van der Waals surface area (Å²) < 4.78 is 5.05. The summed E-state index contributed by atoms with van der Waals surface area (Å²) in [5, 5.41) is 2.26. The van der Waals surface area contributed by atoms with Gasteiger partial charge in [-0.05, 0) is 30.2 Å². The summed E-state index contributed by atoms with van der Waals surface area (Å²) >= 11 is 12.0. The van der Waals surface area contributed by atoms with Gasteiger partial charge >= 0.3 is 5.97 Å². The Labute approximate surface area is 150 Å². The van der Waals surface area contributed by atoms with Crippen LogP contribution < -0.4 is 5.32 Å². The molecule has 0 radical (unpaired) electrons. The Morgan fingerprint density at radius 3 is 2.25 bits per heavy atom. The van der Waals surface area contributed by atoms with Crippen LogP contribution in [0, 0.1) is 0 Å². The van der Waals surface area contributed by atoms with E-state index in [0.717, 1.165) is 0 Å². The van der Waals surface area contributed by atoms with Gasteiger partial charge in [0.25, 0.3) is 0 Å². The van der Waals surface area contributed by atoms with Gasteiger partial charge in [0.15, 0.2) is 6.04 Å². The Morgan fingerprint density at radius 1 is 1.04 bits per heavy atom. The molecule has 0 aliphatic carbocycles. The van der Waals surface area contributed by atoms with E-state index in [2.05, 4.69) is 5.32 Å². The maximum absolute atomic E-state index is 12.4. The molecule has 2 aromatic carbocycles. The van der Waals surface area contributed by atoms with Crippen LogP contribution in [0.15, 0.2) is 54.6 Å². The number of amides is 1. The van der Waals surface area contributed by atoms with Gasteiger partial charge in [0.2, 0.25) is 5.91 Å². The first kappa shape index (κ1) is 18.3. The monoisotopic (exact) mass is 365 g/mol. The number of benzene rings is 2. The van der Waals surface area contributed by atoms with Crippen molar-refractivity contribution in [3.05, 3.63) is 70.7 Å². The van der Waals surface area contributed by atoms with Crippen molar-refractivity contribution >= 4 is 35.1 Å². The number of hydrogen-bond acceptors (Lipinski definition) is 3. The predicted octanol–water partition coefficient (Wildman–Crippen LogP) is 4.04. The topological polar surface area (TPSA) is 55.4 Å². The van der Waals surface area contributed by atoms with Crippen molar-refractivity contribution in [3.8, 4) is 0 Å². The molecule has 1 N–H and O–H groups in total. The second kappa shape index (κ2) is 8.71. The van der Waals surface area contributed by atoms with E-state index in [-0.39, 0.29) is 6.61 Å². The van der Waals surface area contributed by atoms with Crippen molar-refractivity contribution in [2.24, 2.45) is 0 Å².